The van der Waals surface area contributed by atoms with Crippen LogP contribution < -0.4 is 5.46 Å². The van der Waals surface area contributed by atoms with Crippen LogP contribution >= 0.6 is 0 Å². The molecule has 0 unspecified atom stereocenters. The minimum absolute atomic E-state index is 0.512. The molecule has 218 valence electrons. The van der Waals surface area contributed by atoms with E-state index in [1.54, 1.807) is 0 Å². The van der Waals surface area contributed by atoms with Crippen molar-refractivity contribution in [2.45, 2.75) is 38.9 Å². The predicted octanol–water partition coefficient (Wildman–Crippen LogP) is 8.63. The molecule has 0 bridgehead atoms. The first-order valence-electron chi connectivity index (χ1n) is 15.4. The Kier molecular flexibility index (Phi) is 6.35. The highest BCUT2D eigenvalue weighted by molar-refractivity contribution is 6.66. The second-order valence-electron chi connectivity index (χ2n) is 12.7. The number of pyridine rings is 1. The number of benzene rings is 5. The number of aromatic nitrogens is 3. The normalized spacial score (nSPS) is 15.7. The number of hydrogen-bond donors (Lipinski definition) is 0. The van der Waals surface area contributed by atoms with Gasteiger partial charge in [-0.3, -0.25) is 0 Å². The van der Waals surface area contributed by atoms with Gasteiger partial charge in [-0.1, -0.05) is 109 Å². The number of fused-ring (bicyclic) bond motifs is 5. The van der Waals surface area contributed by atoms with E-state index in [1.165, 1.54) is 0 Å². The van der Waals surface area contributed by atoms with E-state index in [4.69, 9.17) is 24.3 Å². The van der Waals surface area contributed by atoms with Gasteiger partial charge >= 0.3 is 7.12 Å². The monoisotopic (exact) mass is 585 g/mol. The van der Waals surface area contributed by atoms with Gasteiger partial charge in [-0.05, 0) is 50.7 Å². The minimum Gasteiger partial charge on any atom is -0.399 e. The molecule has 1 saturated heterocycles. The number of para-hydroxylation sites is 1. The lowest BCUT2D eigenvalue weighted by atomic mass is 9.74. The zero-order valence-electron chi connectivity index (χ0n) is 25.8. The molecule has 7 aromatic rings. The highest BCUT2D eigenvalue weighted by Gasteiger charge is 2.52. The first-order valence-corrected chi connectivity index (χ1v) is 15.4. The first-order chi connectivity index (χ1) is 21.8. The fourth-order valence-corrected chi connectivity index (χ4v) is 6.25. The Morgan fingerprint density at radius 1 is 0.489 bits per heavy atom. The van der Waals surface area contributed by atoms with E-state index in [0.29, 0.717) is 0 Å². The van der Waals surface area contributed by atoms with Gasteiger partial charge in [-0.2, -0.15) is 0 Å². The summed E-state index contributed by atoms with van der Waals surface area (Å²) in [5, 5.41) is 2.98. The van der Waals surface area contributed by atoms with Gasteiger partial charge in [0.05, 0.1) is 44.8 Å². The lowest BCUT2D eigenvalue weighted by Crippen LogP contribution is -2.41. The highest BCUT2D eigenvalue weighted by atomic mass is 16.7. The number of nitrogens with zero attached hydrogens (tertiary/aromatic N) is 3. The van der Waals surface area contributed by atoms with Gasteiger partial charge in [0.1, 0.15) is 0 Å². The Balaban J connectivity index is 1.57. The van der Waals surface area contributed by atoms with Crippen LogP contribution in [0, 0.1) is 0 Å². The molecule has 2 aromatic heterocycles. The average molecular weight is 586 g/mol. The molecule has 0 N–H and O–H groups in total. The largest absolute Gasteiger partial charge is 0.495 e. The van der Waals surface area contributed by atoms with Crippen molar-refractivity contribution in [1.82, 2.24) is 15.0 Å². The topological polar surface area (TPSA) is 57.1 Å². The smallest absolute Gasteiger partial charge is 0.399 e. The van der Waals surface area contributed by atoms with Crippen LogP contribution in [0.1, 0.15) is 27.7 Å². The van der Waals surface area contributed by atoms with Crippen LogP contribution in [0.2, 0.25) is 0 Å². The first kappa shape index (κ1) is 27.6. The maximum atomic E-state index is 6.72. The third kappa shape index (κ3) is 4.52. The Morgan fingerprint density at radius 2 is 0.956 bits per heavy atom. The average Bonchev–Trinajstić information content (AvgIpc) is 3.30. The molecule has 6 heteroatoms. The van der Waals surface area contributed by atoms with Crippen molar-refractivity contribution in [3.05, 3.63) is 121 Å². The Hall–Kier alpha value is -4.91. The summed E-state index contributed by atoms with van der Waals surface area (Å²) < 4.78 is 13.4. The third-order valence-corrected chi connectivity index (χ3v) is 9.28. The van der Waals surface area contributed by atoms with E-state index >= 15 is 0 Å². The maximum Gasteiger partial charge on any atom is 0.495 e. The van der Waals surface area contributed by atoms with Crippen molar-refractivity contribution < 1.29 is 9.31 Å². The fraction of sp³-hybridized carbons (Fsp3) is 0.154. The Labute approximate surface area is 263 Å². The lowest BCUT2D eigenvalue weighted by molar-refractivity contribution is 0.00578. The van der Waals surface area contributed by atoms with E-state index < -0.39 is 18.3 Å². The van der Waals surface area contributed by atoms with E-state index in [-0.39, 0.29) is 0 Å². The van der Waals surface area contributed by atoms with Gasteiger partial charge in [-0.25, -0.2) is 15.0 Å². The molecule has 0 atom stereocenters. The van der Waals surface area contributed by atoms with Crippen LogP contribution in [0.15, 0.2) is 121 Å². The molecular formula is C39H32BN3O2. The minimum atomic E-state index is -0.605. The zero-order valence-corrected chi connectivity index (χ0v) is 25.8. The molecule has 3 heterocycles. The van der Waals surface area contributed by atoms with E-state index in [2.05, 4.69) is 88.4 Å². The summed E-state index contributed by atoms with van der Waals surface area (Å²) in [6, 6.07) is 41.3. The van der Waals surface area contributed by atoms with Crippen LogP contribution in [0.25, 0.3) is 66.5 Å². The molecule has 1 fully saturated rings. The quantitative estimate of drug-likeness (QED) is 0.153. The number of rotatable bonds is 4. The number of hydrogen-bond acceptors (Lipinski definition) is 5. The maximum absolute atomic E-state index is 6.72. The lowest BCUT2D eigenvalue weighted by Gasteiger charge is -2.32. The fourth-order valence-electron chi connectivity index (χ4n) is 6.25. The van der Waals surface area contributed by atoms with Gasteiger partial charge in [0.25, 0.3) is 0 Å². The van der Waals surface area contributed by atoms with Crippen molar-refractivity contribution in [2.24, 2.45) is 0 Å². The second-order valence-corrected chi connectivity index (χ2v) is 12.7. The van der Waals surface area contributed by atoms with Crippen molar-refractivity contribution >= 4 is 45.3 Å². The van der Waals surface area contributed by atoms with Crippen LogP contribution in [0.4, 0.5) is 0 Å². The molecule has 0 saturated carbocycles. The third-order valence-electron chi connectivity index (χ3n) is 9.28. The summed E-state index contributed by atoms with van der Waals surface area (Å²) in [7, 11) is -0.605. The zero-order chi connectivity index (χ0) is 30.8. The summed E-state index contributed by atoms with van der Waals surface area (Å²) in [5.41, 5.74) is 7.88. The molecule has 8 rings (SSSR count). The SMILES string of the molecule is CC1(C)OB(c2cc3nc(-c4ccccc4)c(-c4ccccc4)nc3c3c(-c4ccccc4)nc4ccccc4c23)OC1(C)C. The van der Waals surface area contributed by atoms with Gasteiger partial charge in [0, 0.05) is 27.5 Å². The van der Waals surface area contributed by atoms with Crippen LogP contribution in [-0.4, -0.2) is 33.3 Å². The second kappa shape index (κ2) is 10.3. The Morgan fingerprint density at radius 3 is 1.53 bits per heavy atom. The summed E-state index contributed by atoms with van der Waals surface area (Å²) in [5.74, 6) is 0. The van der Waals surface area contributed by atoms with Crippen LogP contribution in [-0.2, 0) is 9.31 Å². The van der Waals surface area contributed by atoms with E-state index in [0.717, 1.165) is 71.9 Å². The molecule has 0 aliphatic carbocycles. The molecule has 0 amide bonds. The summed E-state index contributed by atoms with van der Waals surface area (Å²) in [6.45, 7) is 8.35. The molecular weight excluding hydrogens is 553 g/mol. The van der Waals surface area contributed by atoms with Gasteiger partial charge in [0.2, 0.25) is 0 Å². The Bertz CT molecular complexity index is 2200. The van der Waals surface area contributed by atoms with Crippen LogP contribution in [0.3, 0.4) is 0 Å². The molecule has 0 radical (unpaired) electrons. The van der Waals surface area contributed by atoms with E-state index in [9.17, 15) is 0 Å². The molecule has 1 aliphatic heterocycles. The van der Waals surface area contributed by atoms with Crippen molar-refractivity contribution in [3.63, 3.8) is 0 Å². The molecule has 45 heavy (non-hydrogen) atoms. The molecule has 1 aliphatic rings. The summed E-state index contributed by atoms with van der Waals surface area (Å²) in [4.78, 5) is 16.2. The molecule has 0 spiro atoms. The van der Waals surface area contributed by atoms with Crippen LogP contribution in [0.5, 0.6) is 0 Å². The van der Waals surface area contributed by atoms with Gasteiger partial charge in [0.15, 0.2) is 0 Å². The molecule has 5 aromatic carbocycles. The summed E-state index contributed by atoms with van der Waals surface area (Å²) in [6.07, 6.45) is 0. The molecule has 5 nitrogen and oxygen atoms in total. The van der Waals surface area contributed by atoms with Crippen molar-refractivity contribution in [3.8, 4) is 33.8 Å². The standard InChI is InChI=1S/C39H32BN3O2/c1-38(2)39(3,4)45-40(44-38)29-24-31-37(43-36(27-20-12-7-13-21-27)35(42-31)26-18-10-6-11-19-26)33-32(29)28-22-14-15-23-30(28)41-34(33)25-16-8-5-9-17-25/h5-24H,1-4H3. The van der Waals surface area contributed by atoms with Crippen molar-refractivity contribution in [1.29, 1.82) is 0 Å². The van der Waals surface area contributed by atoms with E-state index in [1.807, 2.05) is 60.7 Å². The highest BCUT2D eigenvalue weighted by Crippen LogP contribution is 2.41. The van der Waals surface area contributed by atoms with Gasteiger partial charge < -0.3 is 9.31 Å². The summed E-state index contributed by atoms with van der Waals surface area (Å²) >= 11 is 0. The van der Waals surface area contributed by atoms with Crippen molar-refractivity contribution in [2.75, 3.05) is 0 Å². The van der Waals surface area contributed by atoms with Gasteiger partial charge in [-0.15, -0.1) is 0 Å². The predicted molar refractivity (Wildman–Crippen MR) is 184 cm³/mol.